The highest BCUT2D eigenvalue weighted by Crippen LogP contribution is 2.18. The van der Waals surface area contributed by atoms with Crippen molar-refractivity contribution in [2.45, 2.75) is 51.9 Å². The van der Waals surface area contributed by atoms with Crippen molar-refractivity contribution in [3.05, 3.63) is 35.4 Å². The third-order valence-corrected chi connectivity index (χ3v) is 3.94. The molecule has 1 aliphatic rings. The Morgan fingerprint density at radius 2 is 1.88 bits per heavy atom. The number of hydrogen-bond acceptors (Lipinski definition) is 5. The smallest absolute Gasteiger partial charge is 0.410 e. The highest BCUT2D eigenvalue weighted by Gasteiger charge is 2.27. The highest BCUT2D eigenvalue weighted by atomic mass is 16.6. The van der Waals surface area contributed by atoms with Crippen LogP contribution >= 0.6 is 0 Å². The summed E-state index contributed by atoms with van der Waals surface area (Å²) in [5.41, 5.74) is 6.75. The first-order valence-corrected chi connectivity index (χ1v) is 8.45. The number of benzene rings is 1. The van der Waals surface area contributed by atoms with Crippen LogP contribution in [0.5, 0.6) is 0 Å². The van der Waals surface area contributed by atoms with Crippen LogP contribution in [0.25, 0.3) is 0 Å². The second-order valence-corrected chi connectivity index (χ2v) is 7.16. The molecule has 0 unspecified atom stereocenters. The van der Waals surface area contributed by atoms with Gasteiger partial charge in [0.25, 0.3) is 0 Å². The number of carbonyl (C=O) groups excluding carboxylic acids is 1. The average molecular weight is 349 g/mol. The van der Waals surface area contributed by atoms with Crippen LogP contribution in [0.2, 0.25) is 0 Å². The molecular formula is C18H27N3O4. The Bertz CT molecular complexity index is 600. The van der Waals surface area contributed by atoms with Gasteiger partial charge in [0.1, 0.15) is 5.60 Å². The van der Waals surface area contributed by atoms with E-state index in [2.05, 4.69) is 5.16 Å². The first kappa shape index (κ1) is 19.1. The van der Waals surface area contributed by atoms with E-state index < -0.39 is 5.60 Å². The number of hydrogen-bond donors (Lipinski definition) is 2. The summed E-state index contributed by atoms with van der Waals surface area (Å²) in [6.07, 6.45) is 1.45. The third kappa shape index (κ3) is 5.94. The maximum atomic E-state index is 12.0. The molecule has 1 aromatic carbocycles. The second-order valence-electron chi connectivity index (χ2n) is 7.16. The number of amidine groups is 1. The topological polar surface area (TPSA) is 97.4 Å². The van der Waals surface area contributed by atoms with Gasteiger partial charge in [0, 0.05) is 18.7 Å². The SMILES string of the molecule is CC(C)(C)OC(=O)N1CCC(OCc2ccc(/C(N)=N/O)cc2)CC1. The Balaban J connectivity index is 1.76. The normalized spacial score (nSPS) is 16.8. The predicted molar refractivity (Wildman–Crippen MR) is 94.6 cm³/mol. The first-order chi connectivity index (χ1) is 11.8. The van der Waals surface area contributed by atoms with Gasteiger partial charge in [-0.05, 0) is 39.2 Å². The predicted octanol–water partition coefficient (Wildman–Crippen LogP) is 2.70. The fraction of sp³-hybridized carbons (Fsp3) is 0.556. The molecule has 7 nitrogen and oxygen atoms in total. The van der Waals surface area contributed by atoms with Crippen LogP contribution in [-0.2, 0) is 16.1 Å². The number of piperidine rings is 1. The fourth-order valence-corrected chi connectivity index (χ4v) is 2.58. The summed E-state index contributed by atoms with van der Waals surface area (Å²) in [6.45, 7) is 7.38. The maximum Gasteiger partial charge on any atom is 0.410 e. The largest absolute Gasteiger partial charge is 0.444 e. The fourth-order valence-electron chi connectivity index (χ4n) is 2.58. The zero-order valence-electron chi connectivity index (χ0n) is 15.1. The molecule has 0 radical (unpaired) electrons. The molecule has 0 saturated carbocycles. The number of amides is 1. The third-order valence-electron chi connectivity index (χ3n) is 3.94. The van der Waals surface area contributed by atoms with Crippen LogP contribution in [0.3, 0.4) is 0 Å². The summed E-state index contributed by atoms with van der Waals surface area (Å²) in [5.74, 6) is 0.0852. The van der Waals surface area contributed by atoms with Gasteiger partial charge in [-0.3, -0.25) is 0 Å². The average Bonchev–Trinajstić information content (AvgIpc) is 2.58. The van der Waals surface area contributed by atoms with E-state index in [0.29, 0.717) is 25.3 Å². The van der Waals surface area contributed by atoms with E-state index >= 15 is 0 Å². The highest BCUT2D eigenvalue weighted by molar-refractivity contribution is 5.96. The molecule has 1 amide bonds. The molecule has 25 heavy (non-hydrogen) atoms. The van der Waals surface area contributed by atoms with Crippen LogP contribution < -0.4 is 5.73 Å². The molecule has 0 atom stereocenters. The molecule has 0 aliphatic carbocycles. The minimum absolute atomic E-state index is 0.0852. The Labute approximate surface area is 148 Å². The summed E-state index contributed by atoms with van der Waals surface area (Å²) >= 11 is 0. The summed E-state index contributed by atoms with van der Waals surface area (Å²) in [5, 5.41) is 11.6. The lowest BCUT2D eigenvalue weighted by Gasteiger charge is -2.33. The monoisotopic (exact) mass is 349 g/mol. The lowest BCUT2D eigenvalue weighted by atomic mass is 10.1. The molecule has 1 aromatic rings. The quantitative estimate of drug-likeness (QED) is 0.377. The van der Waals surface area contributed by atoms with Gasteiger partial charge < -0.3 is 25.3 Å². The summed E-state index contributed by atoms with van der Waals surface area (Å²) < 4.78 is 11.3. The first-order valence-electron chi connectivity index (χ1n) is 8.45. The number of ether oxygens (including phenoxy) is 2. The van der Waals surface area contributed by atoms with Gasteiger partial charge in [-0.15, -0.1) is 0 Å². The van der Waals surface area contributed by atoms with Crippen LogP contribution in [0.1, 0.15) is 44.7 Å². The Morgan fingerprint density at radius 1 is 1.28 bits per heavy atom. The van der Waals surface area contributed by atoms with E-state index in [4.69, 9.17) is 20.4 Å². The number of nitrogens with two attached hydrogens (primary N) is 1. The molecule has 0 bridgehead atoms. The molecule has 7 heteroatoms. The van der Waals surface area contributed by atoms with Crippen molar-refractivity contribution >= 4 is 11.9 Å². The minimum Gasteiger partial charge on any atom is -0.444 e. The number of oxime groups is 1. The molecule has 138 valence electrons. The van der Waals surface area contributed by atoms with Gasteiger partial charge in [0.15, 0.2) is 5.84 Å². The van der Waals surface area contributed by atoms with Crippen LogP contribution in [0, 0.1) is 0 Å². The van der Waals surface area contributed by atoms with Gasteiger partial charge in [-0.25, -0.2) is 4.79 Å². The van der Waals surface area contributed by atoms with E-state index in [-0.39, 0.29) is 18.0 Å². The number of rotatable bonds is 4. The molecule has 3 N–H and O–H groups in total. The van der Waals surface area contributed by atoms with Crippen LogP contribution in [0.15, 0.2) is 29.4 Å². The van der Waals surface area contributed by atoms with E-state index in [1.807, 2.05) is 32.9 Å². The van der Waals surface area contributed by atoms with E-state index in [9.17, 15) is 4.79 Å². The minimum atomic E-state index is -0.472. The molecule has 1 saturated heterocycles. The zero-order chi connectivity index (χ0) is 18.4. The standard InChI is InChI=1S/C18H27N3O4/c1-18(2,3)25-17(22)21-10-8-15(9-11-21)24-12-13-4-6-14(7-5-13)16(19)20-23/h4-7,15,23H,8-12H2,1-3H3,(H2,19,20). The number of carbonyl (C=O) groups is 1. The van der Waals surface area contributed by atoms with E-state index in [0.717, 1.165) is 18.4 Å². The van der Waals surface area contributed by atoms with Crippen molar-refractivity contribution in [3.8, 4) is 0 Å². The molecular weight excluding hydrogens is 322 g/mol. The Kier molecular flexibility index (Phi) is 6.25. The van der Waals surface area contributed by atoms with Gasteiger partial charge in [0.05, 0.1) is 12.7 Å². The Morgan fingerprint density at radius 3 is 2.40 bits per heavy atom. The number of nitrogens with zero attached hydrogens (tertiary/aromatic N) is 2. The lowest BCUT2D eigenvalue weighted by Crippen LogP contribution is -2.43. The van der Waals surface area contributed by atoms with E-state index in [1.165, 1.54) is 0 Å². The second kappa shape index (κ2) is 8.20. The van der Waals surface area contributed by atoms with Crippen molar-refractivity contribution in [1.29, 1.82) is 0 Å². The van der Waals surface area contributed by atoms with Crippen molar-refractivity contribution in [3.63, 3.8) is 0 Å². The summed E-state index contributed by atoms with van der Waals surface area (Å²) in [4.78, 5) is 13.8. The number of likely N-dealkylation sites (tertiary alicyclic amines) is 1. The van der Waals surface area contributed by atoms with Gasteiger partial charge in [-0.2, -0.15) is 0 Å². The maximum absolute atomic E-state index is 12.0. The van der Waals surface area contributed by atoms with Gasteiger partial charge >= 0.3 is 6.09 Å². The Hall–Kier alpha value is -2.28. The summed E-state index contributed by atoms with van der Waals surface area (Å²) in [7, 11) is 0. The lowest BCUT2D eigenvalue weighted by molar-refractivity contribution is -0.0170. The molecule has 0 spiro atoms. The van der Waals surface area contributed by atoms with Crippen LogP contribution in [0.4, 0.5) is 4.79 Å². The van der Waals surface area contributed by atoms with Crippen molar-refractivity contribution in [1.82, 2.24) is 4.90 Å². The van der Waals surface area contributed by atoms with E-state index in [1.54, 1.807) is 17.0 Å². The summed E-state index contributed by atoms with van der Waals surface area (Å²) in [6, 6.07) is 7.37. The van der Waals surface area contributed by atoms with Crippen molar-refractivity contribution in [2.75, 3.05) is 13.1 Å². The van der Waals surface area contributed by atoms with Gasteiger partial charge in [0.2, 0.25) is 0 Å². The molecule has 1 aliphatic heterocycles. The zero-order valence-corrected chi connectivity index (χ0v) is 15.1. The van der Waals surface area contributed by atoms with Crippen molar-refractivity contribution in [2.24, 2.45) is 10.9 Å². The molecule has 0 aromatic heterocycles. The van der Waals surface area contributed by atoms with Crippen LogP contribution in [-0.4, -0.2) is 46.8 Å². The van der Waals surface area contributed by atoms with Crippen molar-refractivity contribution < 1.29 is 19.5 Å². The molecule has 1 heterocycles. The molecule has 2 rings (SSSR count). The molecule has 1 fully saturated rings. The van der Waals surface area contributed by atoms with Gasteiger partial charge in [-0.1, -0.05) is 29.4 Å².